The minimum Gasteiger partial charge on any atom is -0.457 e. The fourth-order valence-electron chi connectivity index (χ4n) is 15.0. The molecule has 14 N–H and O–H groups in total. The predicted molar refractivity (Wildman–Crippen MR) is 451 cm³/mol. The van der Waals surface area contributed by atoms with Gasteiger partial charge in [0.05, 0.1) is 31.9 Å². The van der Waals surface area contributed by atoms with Crippen LogP contribution >= 0.6 is 23.5 Å². The minimum atomic E-state index is -0.863. The van der Waals surface area contributed by atoms with Crippen LogP contribution in [0.4, 0.5) is 34.1 Å². The zero-order chi connectivity index (χ0) is 78.5. The monoisotopic (exact) mass is 1550 g/mol. The molecule has 13 rings (SSSR count). The van der Waals surface area contributed by atoms with Crippen molar-refractivity contribution >= 4 is 92.8 Å². The highest BCUT2D eigenvalue weighted by Crippen LogP contribution is 2.57. The Hall–Kier alpha value is -10.6. The van der Waals surface area contributed by atoms with E-state index in [4.69, 9.17) is 41.9 Å². The molecule has 590 valence electrons. The van der Waals surface area contributed by atoms with Gasteiger partial charge in [0.15, 0.2) is 17.2 Å². The van der Waals surface area contributed by atoms with E-state index in [2.05, 4.69) is 33.4 Å². The summed E-state index contributed by atoms with van der Waals surface area (Å²) in [6.45, 7) is 11.2. The molecule has 9 aromatic carbocycles. The molecule has 0 fully saturated rings. The normalized spacial score (nSPS) is 15.4. The first-order chi connectivity index (χ1) is 52.9. The van der Waals surface area contributed by atoms with Crippen LogP contribution in [-0.2, 0) is 58.9 Å². The molecule has 20 nitrogen and oxygen atoms in total. The summed E-state index contributed by atoms with van der Waals surface area (Å²) in [6, 6.07) is 56.3. The highest BCUT2D eigenvalue weighted by atomic mass is 32.2. The number of ether oxygens (including phenoxy) is 4. The van der Waals surface area contributed by atoms with Crippen LogP contribution in [0.5, 0.6) is 34.5 Å². The Morgan fingerprint density at radius 1 is 0.455 bits per heavy atom. The summed E-state index contributed by atoms with van der Waals surface area (Å²) in [5.74, 6) is 3.07. The molecule has 0 aromatic heterocycles. The molecule has 0 saturated carbocycles. The summed E-state index contributed by atoms with van der Waals surface area (Å²) >= 11 is 3.24. The second kappa shape index (κ2) is 38.5. The van der Waals surface area contributed by atoms with E-state index >= 15 is 0 Å². The van der Waals surface area contributed by atoms with Gasteiger partial charge in [0.1, 0.15) is 34.5 Å². The van der Waals surface area contributed by atoms with Gasteiger partial charge in [-0.1, -0.05) is 140 Å². The van der Waals surface area contributed by atoms with Crippen molar-refractivity contribution in [1.29, 1.82) is 0 Å². The number of aliphatic hydroxyl groups is 2. The van der Waals surface area contributed by atoms with Gasteiger partial charge in [0.2, 0.25) is 23.6 Å². The van der Waals surface area contributed by atoms with Crippen LogP contribution in [0.2, 0.25) is 0 Å². The van der Waals surface area contributed by atoms with Gasteiger partial charge in [-0.15, -0.1) is 0 Å². The maximum atomic E-state index is 13.6. The summed E-state index contributed by atoms with van der Waals surface area (Å²) in [4.78, 5) is 77.2. The van der Waals surface area contributed by atoms with E-state index in [9.17, 15) is 39.0 Å². The highest BCUT2D eigenvalue weighted by Gasteiger charge is 2.50. The number of carbonyl (C=O) groups is 6. The number of nitrogens with one attached hydrogen (secondary N) is 4. The Morgan fingerprint density at radius 3 is 1.24 bits per heavy atom. The van der Waals surface area contributed by atoms with E-state index in [0.29, 0.717) is 89.4 Å². The lowest BCUT2D eigenvalue weighted by Crippen LogP contribution is -2.42. The van der Waals surface area contributed by atoms with E-state index in [0.717, 1.165) is 89.8 Å². The van der Waals surface area contributed by atoms with E-state index in [1.54, 1.807) is 47.8 Å². The average molecular weight is 1560 g/mol. The van der Waals surface area contributed by atoms with Crippen molar-refractivity contribution < 1.29 is 57.9 Å². The van der Waals surface area contributed by atoms with E-state index in [1.807, 2.05) is 186 Å². The molecule has 1 spiro atoms. The largest absolute Gasteiger partial charge is 0.457 e. The molecule has 0 bridgehead atoms. The van der Waals surface area contributed by atoms with Crippen molar-refractivity contribution in [1.82, 2.24) is 10.6 Å². The number of hydrogen-bond acceptors (Lipinski definition) is 18. The smallest absolute Gasteiger partial charge is 0.227 e. The second-order valence-electron chi connectivity index (χ2n) is 29.2. The Balaban J connectivity index is 0.000000199. The molecule has 112 heavy (non-hydrogen) atoms. The van der Waals surface area contributed by atoms with Crippen molar-refractivity contribution in [3.8, 4) is 34.5 Å². The number of nitrogen functional groups attached to an aromatic ring is 4. The zero-order valence-electron chi connectivity index (χ0n) is 63.3. The van der Waals surface area contributed by atoms with Crippen LogP contribution in [0, 0.1) is 23.7 Å². The van der Waals surface area contributed by atoms with Crippen molar-refractivity contribution in [3.63, 3.8) is 0 Å². The molecular weight excluding hydrogens is 1450 g/mol. The third kappa shape index (κ3) is 19.8. The fourth-order valence-corrected chi connectivity index (χ4v) is 16.0. The fraction of sp³-hybridized carbons (Fsp3) is 0.333. The van der Waals surface area contributed by atoms with Gasteiger partial charge in [-0.3, -0.25) is 28.8 Å². The number of rotatable bonds is 26. The maximum absolute atomic E-state index is 13.6. The highest BCUT2D eigenvalue weighted by molar-refractivity contribution is 7.98. The van der Waals surface area contributed by atoms with Crippen LogP contribution in [0.3, 0.4) is 0 Å². The summed E-state index contributed by atoms with van der Waals surface area (Å²) in [7, 11) is 0. The van der Waals surface area contributed by atoms with Gasteiger partial charge in [0, 0.05) is 154 Å². The summed E-state index contributed by atoms with van der Waals surface area (Å²) in [5, 5.41) is 31.4. The third-order valence-corrected chi connectivity index (χ3v) is 21.4. The average Bonchev–Trinajstić information content (AvgIpc) is 1.45. The van der Waals surface area contributed by atoms with Crippen LogP contribution in [0.15, 0.2) is 182 Å². The lowest BCUT2D eigenvalue weighted by molar-refractivity contribution is -0.130. The lowest BCUT2D eigenvalue weighted by Gasteiger charge is -2.37. The van der Waals surface area contributed by atoms with Crippen molar-refractivity contribution in [2.75, 3.05) is 57.6 Å². The van der Waals surface area contributed by atoms with Gasteiger partial charge in [-0.05, 0) is 143 Å². The Morgan fingerprint density at radius 2 is 0.812 bits per heavy atom. The molecule has 4 heterocycles. The zero-order valence-corrected chi connectivity index (χ0v) is 65.0. The van der Waals surface area contributed by atoms with Gasteiger partial charge >= 0.3 is 0 Å². The predicted octanol–water partition coefficient (Wildman–Crippen LogP) is 16.8. The molecule has 6 atom stereocenters. The first-order valence-corrected chi connectivity index (χ1v) is 39.9. The number of aliphatic hydroxyl groups excluding tert-OH is 2. The van der Waals surface area contributed by atoms with Crippen LogP contribution in [0.25, 0.3) is 0 Å². The van der Waals surface area contributed by atoms with Crippen molar-refractivity contribution in [2.24, 2.45) is 23.7 Å². The second-order valence-corrected chi connectivity index (χ2v) is 31.1. The topological polar surface area (TPSA) is 332 Å². The summed E-state index contributed by atoms with van der Waals surface area (Å²) in [5.41, 5.74) is 38.3. The Bertz CT molecular complexity index is 4820. The molecule has 0 saturated heterocycles. The molecule has 4 aliphatic rings. The van der Waals surface area contributed by atoms with Crippen molar-refractivity contribution in [3.05, 3.63) is 249 Å². The molecule has 0 aliphatic carbocycles. The molecule has 2 unspecified atom stereocenters. The van der Waals surface area contributed by atoms with E-state index < -0.39 is 29.5 Å². The van der Waals surface area contributed by atoms with E-state index in [-0.39, 0.29) is 99.8 Å². The number of Topliss-reactive ketones (excluding diaryl/α,β-unsaturated/α-hetero) is 2. The first-order valence-electron chi connectivity index (χ1n) is 37.1. The molecule has 22 heteroatoms. The molecule has 0 radical (unpaired) electrons. The quantitative estimate of drug-likeness (QED) is 0.0225. The van der Waals surface area contributed by atoms with Crippen LogP contribution in [-0.4, -0.2) is 81.5 Å². The molecular formula is C90H106N8O12S2. The number of hydrogen-bond donors (Lipinski definition) is 10. The van der Waals surface area contributed by atoms with Crippen LogP contribution < -0.4 is 58.4 Å². The number of carbonyl (C=O) groups excluding carboxylic acids is 6. The van der Waals surface area contributed by atoms with Gasteiger partial charge in [-0.2, -0.15) is 23.5 Å². The molecule has 4 amide bonds. The summed E-state index contributed by atoms with van der Waals surface area (Å²) in [6.07, 6.45) is 6.13. The number of nitrogens with two attached hydrogens (primary N) is 4. The summed E-state index contributed by atoms with van der Waals surface area (Å²) < 4.78 is 25.3. The van der Waals surface area contributed by atoms with Crippen molar-refractivity contribution in [2.45, 2.75) is 144 Å². The maximum Gasteiger partial charge on any atom is 0.227 e. The number of ketones is 2. The molecule has 9 aromatic rings. The lowest BCUT2D eigenvalue weighted by atomic mass is 9.77. The Labute approximate surface area is 666 Å². The number of fused-ring (bicyclic) bond motifs is 10. The van der Waals surface area contributed by atoms with Gasteiger partial charge in [0.25, 0.3) is 0 Å². The van der Waals surface area contributed by atoms with Gasteiger partial charge < -0.3 is 73.4 Å². The van der Waals surface area contributed by atoms with Gasteiger partial charge in [-0.25, -0.2) is 0 Å². The van der Waals surface area contributed by atoms with Crippen LogP contribution in [0.1, 0.15) is 174 Å². The Kier molecular flexibility index (Phi) is 29.4. The number of benzene rings is 9. The number of amides is 4. The number of anilines is 6. The molecule has 4 aliphatic heterocycles. The third-order valence-electron chi connectivity index (χ3n) is 20.1. The SMILES string of the molecule is C.C.CSCC[C@H](CC(=O)[C@H](CC(C)C)NC(C)=O)C(=O)Nc1ccc2c(c1)Oc1cc(N)ccc1C21OCc2ccccc21.CSCC[C@H](CC(=O)[C@H](CC(C)C)NC(C)=O)C(=O)Nc1ccc2c(c1)Oc1cc(N)ccc1C2c1ccccc1CO.Nc1ccc2c(c1)Oc1cc(N)ccc1C2c1ccccc1CO. The van der Waals surface area contributed by atoms with E-state index in [1.165, 1.54) is 13.8 Å². The standard InChI is InChI=1S/C34H39N3O5S.C34H41N3O5S.C20H18N2O2.2CH4/c1-20(2)15-29(36-21(3)38)30(39)16-22(13-14-43-4)33(40)37-25-10-12-28-32(18-25)42-31-17-24(35)9-11-27(31)34(28)26-8-6-5-7-23(26)19-41-34;1-20(2)15-29(36-21(3)39)30(40)16-22(13-14-43-4)34(41)37-25-10-12-28-32(18-25)42-31-17-24(35)9-11-27(31)33(28)26-8-6-5-7-23(26)19-38;21-13-5-7-16-18(9-13)24-19-10-14(22)6-8-17(19)20(16)15-4-2-1-3-12(15)11-23;;/h5-12,17-18,20,22,29H,13-16,19,35H2,1-4H3,(H,36,38)(H,37,40);5-12,17-18,20,22,29,33,38H,13-16,19,35H2,1-4H3,(H,36,39)(H,37,41);1-10,20,23H,11,21-22H2;2*1H4/t22-,29+,34?;22-,29+,33?;;;/m11.../s1. The first kappa shape index (κ1) is 85.4. The number of thioether (sulfide) groups is 2. The minimum absolute atomic E-state index is 0.